The van der Waals surface area contributed by atoms with Gasteiger partial charge in [0.05, 0.1) is 6.07 Å². The van der Waals surface area contributed by atoms with Gasteiger partial charge >= 0.3 is 0 Å². The second kappa shape index (κ2) is 7.56. The molecule has 64 valence electrons. The van der Waals surface area contributed by atoms with Crippen LogP contribution in [0, 0.1) is 17.2 Å². The molecule has 2 heteroatoms. The maximum atomic E-state index is 8.35. The summed E-state index contributed by atoms with van der Waals surface area (Å²) in [7, 11) is 0. The Balaban J connectivity index is 0.000000461. The predicted octanol–water partition coefficient (Wildman–Crippen LogP) is 1.93. The highest BCUT2D eigenvalue weighted by molar-refractivity contribution is 4.78. The molecule has 2 nitrogen and oxygen atoms in total. The lowest BCUT2D eigenvalue weighted by Crippen LogP contribution is -2.27. The van der Waals surface area contributed by atoms with Crippen molar-refractivity contribution in [2.24, 2.45) is 5.92 Å². The Hall–Kier alpha value is -0.550. The van der Waals surface area contributed by atoms with Crippen LogP contribution in [0.25, 0.3) is 0 Å². The summed E-state index contributed by atoms with van der Waals surface area (Å²) in [4.78, 5) is 0. The molecule has 1 aliphatic rings. The molecule has 0 atom stereocenters. The molecule has 1 fully saturated rings. The Bertz CT molecular complexity index is 109. The largest absolute Gasteiger partial charge is 0.317 e. The zero-order valence-corrected chi connectivity index (χ0v) is 7.56. The van der Waals surface area contributed by atoms with Gasteiger partial charge in [-0.3, -0.25) is 0 Å². The topological polar surface area (TPSA) is 35.8 Å². The minimum absolute atomic E-state index is 0.677. The third kappa shape index (κ3) is 4.80. The number of hydrogen-bond donors (Lipinski definition) is 1. The van der Waals surface area contributed by atoms with Crippen LogP contribution in [0.4, 0.5) is 0 Å². The lowest BCUT2D eigenvalue weighted by atomic mass is 9.96. The highest BCUT2D eigenvalue weighted by atomic mass is 14.9. The van der Waals surface area contributed by atoms with Crippen molar-refractivity contribution in [3.8, 4) is 6.07 Å². The van der Waals surface area contributed by atoms with E-state index in [2.05, 4.69) is 11.4 Å². The van der Waals surface area contributed by atoms with E-state index in [-0.39, 0.29) is 0 Å². The number of rotatable bonds is 1. The van der Waals surface area contributed by atoms with Gasteiger partial charge in [-0.15, -0.1) is 0 Å². The van der Waals surface area contributed by atoms with Crippen LogP contribution in [0.5, 0.6) is 0 Å². The Morgan fingerprint density at radius 1 is 1.36 bits per heavy atom. The second-order valence-electron chi connectivity index (χ2n) is 2.56. The van der Waals surface area contributed by atoms with Gasteiger partial charge in [-0.2, -0.15) is 5.26 Å². The zero-order chi connectivity index (χ0) is 8.53. The Morgan fingerprint density at radius 3 is 2.36 bits per heavy atom. The fourth-order valence-electron chi connectivity index (χ4n) is 1.21. The molecule has 0 unspecified atom stereocenters. The van der Waals surface area contributed by atoms with E-state index in [1.54, 1.807) is 0 Å². The van der Waals surface area contributed by atoms with E-state index in [9.17, 15) is 0 Å². The van der Waals surface area contributed by atoms with Crippen LogP contribution < -0.4 is 5.32 Å². The monoisotopic (exact) mass is 154 g/mol. The average molecular weight is 154 g/mol. The number of hydrogen-bond acceptors (Lipinski definition) is 2. The number of nitriles is 1. The third-order valence-corrected chi connectivity index (χ3v) is 1.84. The van der Waals surface area contributed by atoms with E-state index in [1.807, 2.05) is 13.8 Å². The first-order valence-electron chi connectivity index (χ1n) is 4.51. The van der Waals surface area contributed by atoms with Crippen molar-refractivity contribution in [3.63, 3.8) is 0 Å². The van der Waals surface area contributed by atoms with Gasteiger partial charge in [0.1, 0.15) is 0 Å². The van der Waals surface area contributed by atoms with Gasteiger partial charge in [-0.25, -0.2) is 0 Å². The molecule has 0 aromatic carbocycles. The minimum atomic E-state index is 0.677. The van der Waals surface area contributed by atoms with Crippen LogP contribution in [0.1, 0.15) is 33.1 Å². The van der Waals surface area contributed by atoms with Gasteiger partial charge < -0.3 is 5.32 Å². The van der Waals surface area contributed by atoms with Crippen molar-refractivity contribution in [2.75, 3.05) is 13.1 Å². The number of nitrogens with zero attached hydrogens (tertiary/aromatic N) is 1. The smallest absolute Gasteiger partial charge is 0.0624 e. The first kappa shape index (κ1) is 10.4. The summed E-state index contributed by atoms with van der Waals surface area (Å²) < 4.78 is 0. The molecule has 11 heavy (non-hydrogen) atoms. The summed E-state index contributed by atoms with van der Waals surface area (Å²) >= 11 is 0. The van der Waals surface area contributed by atoms with Gasteiger partial charge in [0.2, 0.25) is 0 Å². The zero-order valence-electron chi connectivity index (χ0n) is 7.56. The van der Waals surface area contributed by atoms with Crippen molar-refractivity contribution in [3.05, 3.63) is 0 Å². The Kier molecular flexibility index (Phi) is 7.18. The fourth-order valence-corrected chi connectivity index (χ4v) is 1.21. The predicted molar refractivity (Wildman–Crippen MR) is 47.2 cm³/mol. The fraction of sp³-hybridized carbons (Fsp3) is 0.889. The summed E-state index contributed by atoms with van der Waals surface area (Å²) in [5.74, 6) is 0.677. The summed E-state index contributed by atoms with van der Waals surface area (Å²) in [5.41, 5.74) is 0. The van der Waals surface area contributed by atoms with Crippen molar-refractivity contribution < 1.29 is 0 Å². The molecular formula is C9H18N2. The third-order valence-electron chi connectivity index (χ3n) is 1.84. The van der Waals surface area contributed by atoms with Crippen molar-refractivity contribution in [2.45, 2.75) is 33.1 Å². The normalized spacial score (nSPS) is 17.9. The van der Waals surface area contributed by atoms with Crippen LogP contribution >= 0.6 is 0 Å². The summed E-state index contributed by atoms with van der Waals surface area (Å²) in [6.07, 6.45) is 3.13. The molecule has 0 aromatic rings. The van der Waals surface area contributed by atoms with E-state index < -0.39 is 0 Å². The van der Waals surface area contributed by atoms with Gasteiger partial charge in [0, 0.05) is 6.42 Å². The average Bonchev–Trinajstić information content (AvgIpc) is 2.11. The van der Waals surface area contributed by atoms with E-state index in [1.165, 1.54) is 12.8 Å². The molecule has 0 saturated carbocycles. The standard InChI is InChI=1S/C7H12N2.C2H6/c8-4-1-7-2-5-9-6-3-7;1-2/h7,9H,1-3,5-6H2;1-2H3. The highest BCUT2D eigenvalue weighted by Gasteiger charge is 2.11. The quantitative estimate of drug-likeness (QED) is 0.626. The molecule has 0 radical (unpaired) electrons. The molecule has 0 aliphatic carbocycles. The van der Waals surface area contributed by atoms with E-state index in [0.717, 1.165) is 19.5 Å². The molecule has 0 aromatic heterocycles. The lowest BCUT2D eigenvalue weighted by molar-refractivity contribution is 0.380. The van der Waals surface area contributed by atoms with Crippen molar-refractivity contribution >= 4 is 0 Å². The second-order valence-corrected chi connectivity index (χ2v) is 2.56. The van der Waals surface area contributed by atoms with Crippen molar-refractivity contribution in [1.82, 2.24) is 5.32 Å². The summed E-state index contributed by atoms with van der Waals surface area (Å²) in [5, 5.41) is 11.6. The maximum absolute atomic E-state index is 8.35. The van der Waals surface area contributed by atoms with Crippen LogP contribution in [0.2, 0.25) is 0 Å². The molecular weight excluding hydrogens is 136 g/mol. The van der Waals surface area contributed by atoms with E-state index in [4.69, 9.17) is 5.26 Å². The SMILES string of the molecule is CC.N#CCC1CCNCC1. The molecule has 0 spiro atoms. The molecule has 1 heterocycles. The van der Waals surface area contributed by atoms with Crippen LogP contribution in [-0.2, 0) is 0 Å². The number of nitrogens with one attached hydrogen (secondary N) is 1. The first-order valence-corrected chi connectivity index (χ1v) is 4.51. The van der Waals surface area contributed by atoms with E-state index in [0.29, 0.717) is 5.92 Å². The van der Waals surface area contributed by atoms with Crippen LogP contribution in [0.3, 0.4) is 0 Å². The Labute approximate surface area is 69.6 Å². The van der Waals surface area contributed by atoms with Crippen LogP contribution in [0.15, 0.2) is 0 Å². The van der Waals surface area contributed by atoms with E-state index >= 15 is 0 Å². The molecule has 1 rings (SSSR count). The molecule has 1 N–H and O–H groups in total. The maximum Gasteiger partial charge on any atom is 0.0624 e. The number of piperidine rings is 1. The molecule has 1 aliphatic heterocycles. The van der Waals surface area contributed by atoms with Gasteiger partial charge in [0.25, 0.3) is 0 Å². The first-order chi connectivity index (χ1) is 5.43. The molecule has 1 saturated heterocycles. The molecule has 0 bridgehead atoms. The lowest BCUT2D eigenvalue weighted by Gasteiger charge is -2.19. The molecule has 0 amide bonds. The van der Waals surface area contributed by atoms with Gasteiger partial charge in [-0.1, -0.05) is 13.8 Å². The van der Waals surface area contributed by atoms with Gasteiger partial charge in [0.15, 0.2) is 0 Å². The summed E-state index contributed by atoms with van der Waals surface area (Å²) in [6.45, 7) is 6.21. The Morgan fingerprint density at radius 2 is 1.91 bits per heavy atom. The summed E-state index contributed by atoms with van der Waals surface area (Å²) in [6, 6.07) is 2.21. The van der Waals surface area contributed by atoms with Crippen LogP contribution in [-0.4, -0.2) is 13.1 Å². The minimum Gasteiger partial charge on any atom is -0.317 e. The van der Waals surface area contributed by atoms with Gasteiger partial charge in [-0.05, 0) is 31.8 Å². The van der Waals surface area contributed by atoms with Crippen molar-refractivity contribution in [1.29, 1.82) is 5.26 Å². The highest BCUT2D eigenvalue weighted by Crippen LogP contribution is 2.14.